The van der Waals surface area contributed by atoms with Crippen LogP contribution in [0.2, 0.25) is 5.02 Å². The van der Waals surface area contributed by atoms with E-state index in [0.717, 1.165) is 14.7 Å². The normalized spacial score (nSPS) is 12.1. The van der Waals surface area contributed by atoms with Crippen molar-refractivity contribution in [2.75, 3.05) is 14.2 Å². The molecule has 5 heteroatoms. The van der Waals surface area contributed by atoms with Crippen LogP contribution in [0.25, 0.3) is 0 Å². The summed E-state index contributed by atoms with van der Waals surface area (Å²) in [6, 6.07) is 9.19. The second-order valence-corrected chi connectivity index (χ2v) is 6.10. The van der Waals surface area contributed by atoms with E-state index in [2.05, 4.69) is 22.6 Å². The summed E-state index contributed by atoms with van der Waals surface area (Å²) in [5, 5.41) is 11.1. The number of aryl methyl sites for hydroxylation is 1. The highest BCUT2D eigenvalue weighted by Gasteiger charge is 2.20. The summed E-state index contributed by atoms with van der Waals surface area (Å²) in [5.74, 6) is 1.08. The first kappa shape index (κ1) is 16.4. The molecule has 0 amide bonds. The lowest BCUT2D eigenvalue weighted by atomic mass is 9.99. The van der Waals surface area contributed by atoms with Gasteiger partial charge in [0, 0.05) is 15.2 Å². The maximum Gasteiger partial charge on any atom is 0.162 e. The van der Waals surface area contributed by atoms with Crippen molar-refractivity contribution in [3.05, 3.63) is 55.6 Å². The summed E-state index contributed by atoms with van der Waals surface area (Å²) >= 11 is 8.51. The molecule has 0 aliphatic heterocycles. The third-order valence-corrected chi connectivity index (χ3v) is 5.11. The molecule has 2 aromatic carbocycles. The molecule has 0 spiro atoms. The molecular weight excluding hydrogens is 403 g/mol. The Bertz CT molecular complexity index is 658. The summed E-state index contributed by atoms with van der Waals surface area (Å²) in [5.41, 5.74) is 2.53. The summed E-state index contributed by atoms with van der Waals surface area (Å²) in [7, 11) is 3.10. The van der Waals surface area contributed by atoms with E-state index in [1.807, 2.05) is 25.1 Å². The first-order valence-electron chi connectivity index (χ1n) is 6.34. The number of ether oxygens (including phenoxy) is 2. The molecule has 0 bridgehead atoms. The van der Waals surface area contributed by atoms with Crippen molar-refractivity contribution in [1.82, 2.24) is 0 Å². The van der Waals surface area contributed by atoms with Crippen LogP contribution in [0.15, 0.2) is 30.3 Å². The van der Waals surface area contributed by atoms with Gasteiger partial charge in [0.1, 0.15) is 6.10 Å². The molecule has 0 fully saturated rings. The van der Waals surface area contributed by atoms with Gasteiger partial charge in [-0.1, -0.05) is 29.8 Å². The Morgan fingerprint density at radius 1 is 1.10 bits per heavy atom. The number of halogens is 2. The van der Waals surface area contributed by atoms with Gasteiger partial charge in [-0.2, -0.15) is 0 Å². The molecule has 2 rings (SSSR count). The van der Waals surface area contributed by atoms with Gasteiger partial charge in [0.25, 0.3) is 0 Å². The highest BCUT2D eigenvalue weighted by atomic mass is 127. The van der Waals surface area contributed by atoms with Crippen LogP contribution in [-0.4, -0.2) is 19.3 Å². The Morgan fingerprint density at radius 2 is 1.71 bits per heavy atom. The Labute approximate surface area is 143 Å². The minimum absolute atomic E-state index is 0.442. The van der Waals surface area contributed by atoms with Crippen LogP contribution in [0.3, 0.4) is 0 Å². The van der Waals surface area contributed by atoms with E-state index >= 15 is 0 Å². The monoisotopic (exact) mass is 418 g/mol. The molecule has 1 N–H and O–H groups in total. The van der Waals surface area contributed by atoms with Crippen molar-refractivity contribution < 1.29 is 14.6 Å². The van der Waals surface area contributed by atoms with Crippen molar-refractivity contribution in [3.8, 4) is 11.5 Å². The van der Waals surface area contributed by atoms with E-state index in [1.54, 1.807) is 26.4 Å². The largest absolute Gasteiger partial charge is 0.493 e. The maximum atomic E-state index is 10.7. The molecule has 0 aliphatic rings. The Kier molecular flexibility index (Phi) is 5.35. The number of aliphatic hydroxyl groups is 1. The number of methoxy groups -OCH3 is 2. The standard InChI is InChI=1S/C16H16ClIO3/c1-9-5-4-6-10(15(9)18)16(19)11-7-13(20-2)14(21-3)8-12(11)17/h4-8,16,19H,1-3H3. The zero-order chi connectivity index (χ0) is 15.6. The molecule has 0 aliphatic carbocycles. The number of hydrogen-bond donors (Lipinski definition) is 1. The Balaban J connectivity index is 2.53. The molecule has 3 nitrogen and oxygen atoms in total. The third kappa shape index (κ3) is 3.27. The maximum absolute atomic E-state index is 10.7. The predicted octanol–water partition coefficient (Wildman–Crippen LogP) is 4.35. The Hall–Kier alpha value is -0.980. The molecule has 0 radical (unpaired) electrons. The van der Waals surface area contributed by atoms with E-state index in [4.69, 9.17) is 21.1 Å². The van der Waals surface area contributed by atoms with Crippen molar-refractivity contribution in [2.45, 2.75) is 13.0 Å². The van der Waals surface area contributed by atoms with Crippen LogP contribution in [0.4, 0.5) is 0 Å². The van der Waals surface area contributed by atoms with E-state index in [9.17, 15) is 5.11 Å². The summed E-state index contributed by atoms with van der Waals surface area (Å²) in [6.07, 6.45) is -0.816. The SMILES string of the molecule is COc1cc(Cl)c(C(O)c2cccc(C)c2I)cc1OC. The van der Waals surface area contributed by atoms with Gasteiger partial charge in [0.15, 0.2) is 11.5 Å². The lowest BCUT2D eigenvalue weighted by Crippen LogP contribution is -2.05. The predicted molar refractivity (Wildman–Crippen MR) is 92.5 cm³/mol. The first-order chi connectivity index (χ1) is 9.99. The van der Waals surface area contributed by atoms with Gasteiger partial charge in [-0.15, -0.1) is 0 Å². The average Bonchev–Trinajstić information content (AvgIpc) is 2.49. The van der Waals surface area contributed by atoms with Crippen molar-refractivity contribution >= 4 is 34.2 Å². The molecule has 0 heterocycles. The molecule has 0 aromatic heterocycles. The lowest BCUT2D eigenvalue weighted by Gasteiger charge is -2.18. The quantitative estimate of drug-likeness (QED) is 0.750. The van der Waals surface area contributed by atoms with Crippen LogP contribution in [0.1, 0.15) is 22.8 Å². The van der Waals surface area contributed by atoms with E-state index in [0.29, 0.717) is 22.1 Å². The van der Waals surface area contributed by atoms with Gasteiger partial charge in [-0.25, -0.2) is 0 Å². The Morgan fingerprint density at radius 3 is 2.33 bits per heavy atom. The minimum atomic E-state index is -0.816. The summed E-state index contributed by atoms with van der Waals surface area (Å²) in [6.45, 7) is 2.01. The van der Waals surface area contributed by atoms with Gasteiger partial charge in [-0.05, 0) is 46.7 Å². The number of rotatable bonds is 4. The van der Waals surface area contributed by atoms with Crippen LogP contribution < -0.4 is 9.47 Å². The lowest BCUT2D eigenvalue weighted by molar-refractivity contribution is 0.218. The molecule has 21 heavy (non-hydrogen) atoms. The summed E-state index contributed by atoms with van der Waals surface area (Å²) in [4.78, 5) is 0. The number of aliphatic hydroxyl groups excluding tert-OH is 1. The molecule has 0 saturated carbocycles. The molecular formula is C16H16ClIO3. The van der Waals surface area contributed by atoms with Crippen molar-refractivity contribution in [3.63, 3.8) is 0 Å². The fraction of sp³-hybridized carbons (Fsp3) is 0.250. The molecule has 1 unspecified atom stereocenters. The smallest absolute Gasteiger partial charge is 0.162 e. The molecule has 112 valence electrons. The number of hydrogen-bond acceptors (Lipinski definition) is 3. The van der Waals surface area contributed by atoms with E-state index in [-0.39, 0.29) is 0 Å². The zero-order valence-electron chi connectivity index (χ0n) is 12.0. The second-order valence-electron chi connectivity index (χ2n) is 4.61. The van der Waals surface area contributed by atoms with Crippen LogP contribution in [0.5, 0.6) is 11.5 Å². The van der Waals surface area contributed by atoms with Crippen LogP contribution in [0, 0.1) is 10.5 Å². The van der Waals surface area contributed by atoms with E-state index in [1.165, 1.54) is 0 Å². The minimum Gasteiger partial charge on any atom is -0.493 e. The van der Waals surface area contributed by atoms with E-state index < -0.39 is 6.10 Å². The van der Waals surface area contributed by atoms with Crippen molar-refractivity contribution in [1.29, 1.82) is 0 Å². The number of benzene rings is 2. The highest BCUT2D eigenvalue weighted by molar-refractivity contribution is 14.1. The average molecular weight is 419 g/mol. The molecule has 0 saturated heterocycles. The van der Waals surface area contributed by atoms with Crippen LogP contribution >= 0.6 is 34.2 Å². The molecule has 2 aromatic rings. The van der Waals surface area contributed by atoms with Crippen LogP contribution in [-0.2, 0) is 0 Å². The third-order valence-electron chi connectivity index (χ3n) is 3.31. The second kappa shape index (κ2) is 6.85. The van der Waals surface area contributed by atoms with Gasteiger partial charge in [-0.3, -0.25) is 0 Å². The highest BCUT2D eigenvalue weighted by Crippen LogP contribution is 2.38. The zero-order valence-corrected chi connectivity index (χ0v) is 14.9. The fourth-order valence-corrected chi connectivity index (χ4v) is 3.04. The van der Waals surface area contributed by atoms with Gasteiger partial charge >= 0.3 is 0 Å². The van der Waals surface area contributed by atoms with Gasteiger partial charge in [0.2, 0.25) is 0 Å². The van der Waals surface area contributed by atoms with Gasteiger partial charge < -0.3 is 14.6 Å². The van der Waals surface area contributed by atoms with Crippen molar-refractivity contribution in [2.24, 2.45) is 0 Å². The first-order valence-corrected chi connectivity index (χ1v) is 7.79. The summed E-state index contributed by atoms with van der Waals surface area (Å²) < 4.78 is 11.5. The fourth-order valence-electron chi connectivity index (χ4n) is 2.13. The van der Waals surface area contributed by atoms with Gasteiger partial charge in [0.05, 0.1) is 19.2 Å². The topological polar surface area (TPSA) is 38.7 Å². The molecule has 1 atom stereocenters.